The van der Waals surface area contributed by atoms with Crippen LogP contribution >= 0.6 is 11.6 Å². The third-order valence-corrected chi connectivity index (χ3v) is 5.59. The summed E-state index contributed by atoms with van der Waals surface area (Å²) in [5.74, 6) is -0.000977. The van der Waals surface area contributed by atoms with E-state index in [9.17, 15) is 9.59 Å². The van der Waals surface area contributed by atoms with Gasteiger partial charge in [-0.1, -0.05) is 48.0 Å². The third-order valence-electron chi connectivity index (χ3n) is 5.18. The maximum absolute atomic E-state index is 13.5. The molecular formula is C25H21ClN2O4. The monoisotopic (exact) mass is 448 g/mol. The molecule has 3 aromatic rings. The van der Waals surface area contributed by atoms with Gasteiger partial charge in [0.2, 0.25) is 0 Å². The summed E-state index contributed by atoms with van der Waals surface area (Å²) in [5, 5.41) is 3.67. The number of carbonyl (C=O) groups excluding carboxylic acids is 2. The van der Waals surface area contributed by atoms with Crippen LogP contribution in [0, 0.1) is 6.92 Å². The van der Waals surface area contributed by atoms with Crippen LogP contribution in [-0.2, 0) is 9.59 Å². The smallest absolute Gasteiger partial charge is 0.282 e. The number of halogens is 1. The molecule has 0 aliphatic carbocycles. The molecule has 1 heterocycles. The number of methoxy groups -OCH3 is 2. The van der Waals surface area contributed by atoms with Crippen molar-refractivity contribution in [3.63, 3.8) is 0 Å². The van der Waals surface area contributed by atoms with Crippen LogP contribution in [0.2, 0.25) is 5.02 Å². The Morgan fingerprint density at radius 2 is 1.50 bits per heavy atom. The summed E-state index contributed by atoms with van der Waals surface area (Å²) in [6.07, 6.45) is 0. The van der Waals surface area contributed by atoms with Gasteiger partial charge in [-0.15, -0.1) is 0 Å². The molecule has 0 aromatic heterocycles. The van der Waals surface area contributed by atoms with Gasteiger partial charge in [-0.3, -0.25) is 9.59 Å². The Bertz CT molecular complexity index is 1220. The molecule has 0 saturated heterocycles. The van der Waals surface area contributed by atoms with Gasteiger partial charge in [-0.2, -0.15) is 0 Å². The first-order chi connectivity index (χ1) is 15.4. The van der Waals surface area contributed by atoms with Gasteiger partial charge in [-0.05, 0) is 30.2 Å². The lowest BCUT2D eigenvalue weighted by Gasteiger charge is -2.17. The van der Waals surface area contributed by atoms with Crippen molar-refractivity contribution in [2.24, 2.45) is 0 Å². The minimum atomic E-state index is -0.485. The molecule has 2 amide bonds. The minimum absolute atomic E-state index is 0.169. The van der Waals surface area contributed by atoms with Crippen LogP contribution in [0.1, 0.15) is 11.1 Å². The van der Waals surface area contributed by atoms with E-state index in [-0.39, 0.29) is 11.3 Å². The first-order valence-electron chi connectivity index (χ1n) is 9.87. The van der Waals surface area contributed by atoms with E-state index in [0.29, 0.717) is 33.5 Å². The van der Waals surface area contributed by atoms with E-state index in [1.54, 1.807) is 36.4 Å². The molecule has 0 saturated carbocycles. The highest BCUT2D eigenvalue weighted by molar-refractivity contribution is 6.46. The Morgan fingerprint density at radius 1 is 0.844 bits per heavy atom. The molecule has 1 aliphatic rings. The number of anilines is 2. The molecule has 3 aromatic carbocycles. The average molecular weight is 449 g/mol. The lowest BCUT2D eigenvalue weighted by atomic mass is 10.0. The van der Waals surface area contributed by atoms with Crippen molar-refractivity contribution < 1.29 is 19.1 Å². The molecule has 162 valence electrons. The van der Waals surface area contributed by atoms with Crippen LogP contribution in [0.25, 0.3) is 5.57 Å². The van der Waals surface area contributed by atoms with Crippen molar-refractivity contribution >= 4 is 40.4 Å². The van der Waals surface area contributed by atoms with E-state index in [2.05, 4.69) is 5.32 Å². The number of carbonyl (C=O) groups is 2. The number of benzene rings is 3. The highest BCUT2D eigenvalue weighted by Crippen LogP contribution is 2.37. The summed E-state index contributed by atoms with van der Waals surface area (Å²) in [7, 11) is 3.02. The zero-order valence-corrected chi connectivity index (χ0v) is 18.6. The quantitative estimate of drug-likeness (QED) is 0.534. The minimum Gasteiger partial charge on any atom is -0.497 e. The highest BCUT2D eigenvalue weighted by atomic mass is 35.5. The van der Waals surface area contributed by atoms with Crippen LogP contribution in [0.4, 0.5) is 11.4 Å². The SMILES string of the molecule is COc1cc(OC)cc(N2C(=O)C(Nc3ccc(C)c(Cl)c3)=C(c3ccccc3)C2=O)c1. The Hall–Kier alpha value is -3.77. The maximum Gasteiger partial charge on any atom is 0.282 e. The number of amides is 2. The number of hydrogen-bond donors (Lipinski definition) is 1. The molecule has 0 unspecified atom stereocenters. The molecule has 0 radical (unpaired) electrons. The van der Waals surface area contributed by atoms with Gasteiger partial charge in [0, 0.05) is 28.9 Å². The summed E-state index contributed by atoms with van der Waals surface area (Å²) >= 11 is 6.26. The number of nitrogens with one attached hydrogen (secondary N) is 1. The van der Waals surface area contributed by atoms with E-state index < -0.39 is 11.8 Å². The van der Waals surface area contributed by atoms with Crippen LogP contribution in [0.5, 0.6) is 11.5 Å². The van der Waals surface area contributed by atoms with Crippen molar-refractivity contribution in [1.82, 2.24) is 0 Å². The topological polar surface area (TPSA) is 67.9 Å². The zero-order valence-electron chi connectivity index (χ0n) is 17.8. The second-order valence-electron chi connectivity index (χ2n) is 7.22. The van der Waals surface area contributed by atoms with E-state index in [4.69, 9.17) is 21.1 Å². The summed E-state index contributed by atoms with van der Waals surface area (Å²) in [4.78, 5) is 28.2. The van der Waals surface area contributed by atoms with Gasteiger partial charge in [0.1, 0.15) is 17.2 Å². The Morgan fingerprint density at radius 3 is 2.09 bits per heavy atom. The van der Waals surface area contributed by atoms with Gasteiger partial charge in [0.25, 0.3) is 11.8 Å². The van der Waals surface area contributed by atoms with Crippen LogP contribution in [0.15, 0.2) is 72.4 Å². The number of nitrogens with zero attached hydrogens (tertiary/aromatic N) is 1. The predicted molar refractivity (Wildman–Crippen MR) is 125 cm³/mol. The van der Waals surface area contributed by atoms with Crippen LogP contribution in [0.3, 0.4) is 0 Å². The number of ether oxygens (including phenoxy) is 2. The molecule has 0 fully saturated rings. The van der Waals surface area contributed by atoms with Gasteiger partial charge < -0.3 is 14.8 Å². The molecule has 0 spiro atoms. The number of aryl methyl sites for hydroxylation is 1. The summed E-state index contributed by atoms with van der Waals surface area (Å²) in [6, 6.07) is 19.4. The molecule has 32 heavy (non-hydrogen) atoms. The zero-order chi connectivity index (χ0) is 22.8. The van der Waals surface area contributed by atoms with Gasteiger partial charge in [0.05, 0.1) is 25.5 Å². The van der Waals surface area contributed by atoms with Gasteiger partial charge in [-0.25, -0.2) is 4.90 Å². The molecule has 6 nitrogen and oxygen atoms in total. The Labute approximate surface area is 191 Å². The fourth-order valence-corrected chi connectivity index (χ4v) is 3.67. The largest absolute Gasteiger partial charge is 0.497 e. The summed E-state index contributed by atoms with van der Waals surface area (Å²) in [5.41, 5.74) is 2.94. The van der Waals surface area contributed by atoms with Crippen LogP contribution < -0.4 is 19.7 Å². The van der Waals surface area contributed by atoms with E-state index in [0.717, 1.165) is 10.5 Å². The van der Waals surface area contributed by atoms with E-state index in [1.807, 2.05) is 37.3 Å². The summed E-state index contributed by atoms with van der Waals surface area (Å²) < 4.78 is 10.6. The average Bonchev–Trinajstić information content (AvgIpc) is 3.05. The second kappa shape index (κ2) is 8.77. The molecule has 4 rings (SSSR count). The lowest BCUT2D eigenvalue weighted by Crippen LogP contribution is -2.32. The van der Waals surface area contributed by atoms with Crippen LogP contribution in [-0.4, -0.2) is 26.0 Å². The maximum atomic E-state index is 13.5. The number of imide groups is 1. The lowest BCUT2D eigenvalue weighted by molar-refractivity contribution is -0.120. The number of rotatable bonds is 6. The molecule has 7 heteroatoms. The first-order valence-corrected chi connectivity index (χ1v) is 10.3. The predicted octanol–water partition coefficient (Wildman–Crippen LogP) is 5.06. The van der Waals surface area contributed by atoms with Crippen molar-refractivity contribution in [3.8, 4) is 11.5 Å². The highest BCUT2D eigenvalue weighted by Gasteiger charge is 2.40. The second-order valence-corrected chi connectivity index (χ2v) is 7.63. The van der Waals surface area contributed by atoms with Crippen molar-refractivity contribution in [3.05, 3.63) is 88.6 Å². The molecule has 1 N–H and O–H groups in total. The van der Waals surface area contributed by atoms with Crippen molar-refractivity contribution in [2.45, 2.75) is 6.92 Å². The van der Waals surface area contributed by atoms with Gasteiger partial charge in [0.15, 0.2) is 0 Å². The normalized spacial score (nSPS) is 13.6. The fourth-order valence-electron chi connectivity index (χ4n) is 3.49. The van der Waals surface area contributed by atoms with Gasteiger partial charge >= 0.3 is 0 Å². The van der Waals surface area contributed by atoms with Crippen molar-refractivity contribution in [1.29, 1.82) is 0 Å². The molecule has 0 atom stereocenters. The molecule has 0 bridgehead atoms. The first kappa shape index (κ1) is 21.5. The molecule has 1 aliphatic heterocycles. The Kier molecular flexibility index (Phi) is 5.88. The fraction of sp³-hybridized carbons (Fsp3) is 0.120. The standard InChI is InChI=1S/C25H21ClN2O4/c1-15-9-10-17(11-21(15)26)27-23-22(16-7-5-4-6-8-16)24(29)28(25(23)30)18-12-19(31-2)14-20(13-18)32-3/h4-14,27H,1-3H3. The van der Waals surface area contributed by atoms with Crippen molar-refractivity contribution in [2.75, 3.05) is 24.4 Å². The molecular weight excluding hydrogens is 428 g/mol. The summed E-state index contributed by atoms with van der Waals surface area (Å²) in [6.45, 7) is 1.89. The number of hydrogen-bond acceptors (Lipinski definition) is 5. The Balaban J connectivity index is 1.83. The van der Waals surface area contributed by atoms with E-state index in [1.165, 1.54) is 14.2 Å². The third kappa shape index (κ3) is 3.92. The van der Waals surface area contributed by atoms with E-state index >= 15 is 0 Å².